The van der Waals surface area contributed by atoms with Gasteiger partial charge in [0, 0.05) is 21.3 Å². The van der Waals surface area contributed by atoms with Gasteiger partial charge >= 0.3 is 0 Å². The molecule has 0 bridgehead atoms. The zero-order valence-corrected chi connectivity index (χ0v) is 11.6. The number of carbonyl (C=O) groups excluding carboxylic acids is 1. The van der Waals surface area contributed by atoms with Crippen molar-refractivity contribution in [1.82, 2.24) is 0 Å². The van der Waals surface area contributed by atoms with Gasteiger partial charge in [0.05, 0.1) is 25.2 Å². The van der Waals surface area contributed by atoms with Crippen LogP contribution in [0.3, 0.4) is 0 Å². The summed E-state index contributed by atoms with van der Waals surface area (Å²) >= 11 is 0. The Balaban J connectivity index is 2.87. The van der Waals surface area contributed by atoms with Gasteiger partial charge in [-0.1, -0.05) is 6.08 Å². The number of rotatable bonds is 8. The van der Waals surface area contributed by atoms with Gasteiger partial charge in [-0.15, -0.1) is 6.58 Å². The van der Waals surface area contributed by atoms with Crippen LogP contribution in [0.2, 0.25) is 0 Å². The van der Waals surface area contributed by atoms with Crippen LogP contribution in [-0.2, 0) is 28.5 Å². The van der Waals surface area contributed by atoms with Gasteiger partial charge in [0.25, 0.3) is 0 Å². The number of ether oxygens (including phenoxy) is 5. The molecule has 19 heavy (non-hydrogen) atoms. The molecular weight excluding hydrogens is 252 g/mol. The number of hydrogen-bond donors (Lipinski definition) is 0. The fraction of sp³-hybridized carbons (Fsp3) is 0.769. The average molecular weight is 274 g/mol. The van der Waals surface area contributed by atoms with Gasteiger partial charge in [0.1, 0.15) is 18.5 Å². The van der Waals surface area contributed by atoms with E-state index in [2.05, 4.69) is 6.58 Å². The largest absolute Gasteiger partial charge is 0.382 e. The molecule has 110 valence electrons. The summed E-state index contributed by atoms with van der Waals surface area (Å²) in [6, 6.07) is 0. The number of methoxy groups -OCH3 is 3. The lowest BCUT2D eigenvalue weighted by molar-refractivity contribution is -0.291. The van der Waals surface area contributed by atoms with Crippen molar-refractivity contribution >= 4 is 6.29 Å². The van der Waals surface area contributed by atoms with E-state index in [-0.39, 0.29) is 6.61 Å². The third-order valence-corrected chi connectivity index (χ3v) is 3.12. The molecule has 0 aromatic heterocycles. The Labute approximate surface area is 113 Å². The quantitative estimate of drug-likeness (QED) is 0.472. The zero-order valence-electron chi connectivity index (χ0n) is 11.6. The molecule has 5 atom stereocenters. The molecule has 1 aliphatic heterocycles. The fourth-order valence-corrected chi connectivity index (χ4v) is 2.24. The van der Waals surface area contributed by atoms with Crippen LogP contribution in [0.1, 0.15) is 0 Å². The molecular formula is C13H22O6. The highest BCUT2D eigenvalue weighted by atomic mass is 16.7. The lowest BCUT2D eigenvalue weighted by Crippen LogP contribution is -2.58. The second-order valence-corrected chi connectivity index (χ2v) is 4.23. The summed E-state index contributed by atoms with van der Waals surface area (Å²) < 4.78 is 27.1. The van der Waals surface area contributed by atoms with Crippen molar-refractivity contribution in [2.45, 2.75) is 24.6 Å². The normalized spacial score (nSPS) is 35.0. The molecule has 0 aliphatic carbocycles. The summed E-state index contributed by atoms with van der Waals surface area (Å²) in [5.41, 5.74) is 0. The van der Waals surface area contributed by atoms with Crippen LogP contribution in [0.25, 0.3) is 0 Å². The van der Waals surface area contributed by atoms with Gasteiger partial charge in [-0.25, -0.2) is 0 Å². The fourth-order valence-electron chi connectivity index (χ4n) is 2.24. The van der Waals surface area contributed by atoms with Crippen LogP contribution in [0.5, 0.6) is 0 Å². The second-order valence-electron chi connectivity index (χ2n) is 4.23. The van der Waals surface area contributed by atoms with Gasteiger partial charge < -0.3 is 28.5 Å². The molecule has 0 N–H and O–H groups in total. The van der Waals surface area contributed by atoms with Gasteiger partial charge in [-0.3, -0.25) is 0 Å². The first-order valence-corrected chi connectivity index (χ1v) is 6.11. The van der Waals surface area contributed by atoms with E-state index in [1.54, 1.807) is 13.2 Å². The van der Waals surface area contributed by atoms with E-state index >= 15 is 0 Å². The van der Waals surface area contributed by atoms with E-state index in [9.17, 15) is 4.79 Å². The topological polar surface area (TPSA) is 63.2 Å². The first-order valence-electron chi connectivity index (χ1n) is 6.11. The minimum atomic E-state index is -0.621. The van der Waals surface area contributed by atoms with E-state index in [0.717, 1.165) is 6.29 Å². The smallest absolute Gasteiger partial charge is 0.187 e. The van der Waals surface area contributed by atoms with Crippen LogP contribution in [0, 0.1) is 5.92 Å². The van der Waals surface area contributed by atoms with Crippen molar-refractivity contribution in [3.8, 4) is 0 Å². The molecule has 6 nitrogen and oxygen atoms in total. The molecule has 1 fully saturated rings. The maximum Gasteiger partial charge on any atom is 0.187 e. The van der Waals surface area contributed by atoms with E-state index in [1.807, 2.05) is 0 Å². The number of aldehydes is 1. The van der Waals surface area contributed by atoms with Crippen molar-refractivity contribution in [2.24, 2.45) is 5.92 Å². The lowest BCUT2D eigenvalue weighted by atomic mass is 9.90. The summed E-state index contributed by atoms with van der Waals surface area (Å²) in [6.07, 6.45) is 0.472. The Morgan fingerprint density at radius 1 is 1.21 bits per heavy atom. The number of carbonyl (C=O) groups is 1. The minimum Gasteiger partial charge on any atom is -0.382 e. The van der Waals surface area contributed by atoms with Crippen LogP contribution in [0.15, 0.2) is 12.7 Å². The number of hydrogen-bond acceptors (Lipinski definition) is 6. The van der Waals surface area contributed by atoms with E-state index in [1.165, 1.54) is 14.2 Å². The molecule has 1 heterocycles. The first-order chi connectivity index (χ1) is 9.23. The SMILES string of the molecule is C=CCOC1OC(COC)C(C=O)C(OC)C1OC. The van der Waals surface area contributed by atoms with E-state index < -0.39 is 30.5 Å². The van der Waals surface area contributed by atoms with E-state index in [4.69, 9.17) is 23.7 Å². The Bertz CT molecular complexity index is 282. The molecule has 0 radical (unpaired) electrons. The van der Waals surface area contributed by atoms with Crippen LogP contribution in [0.4, 0.5) is 0 Å². The monoisotopic (exact) mass is 274 g/mol. The highest BCUT2D eigenvalue weighted by Gasteiger charge is 2.47. The summed E-state index contributed by atoms with van der Waals surface area (Å²) in [5, 5.41) is 0. The maximum atomic E-state index is 11.3. The molecule has 0 saturated carbocycles. The van der Waals surface area contributed by atoms with Gasteiger partial charge in [-0.2, -0.15) is 0 Å². The molecule has 0 spiro atoms. The standard InChI is InChI=1S/C13H22O6/c1-5-6-18-13-12(17-4)11(16-3)9(7-14)10(19-13)8-15-2/h5,7,9-13H,1,6,8H2,2-4H3. The summed E-state index contributed by atoms with van der Waals surface area (Å²) in [5.74, 6) is -0.460. The van der Waals surface area contributed by atoms with Gasteiger partial charge in [-0.05, 0) is 0 Å². The van der Waals surface area contributed by atoms with E-state index in [0.29, 0.717) is 6.61 Å². The summed E-state index contributed by atoms with van der Waals surface area (Å²) in [6.45, 7) is 4.20. The molecule has 1 rings (SSSR count). The van der Waals surface area contributed by atoms with Crippen LogP contribution in [-0.4, -0.2) is 65.4 Å². The van der Waals surface area contributed by atoms with Crippen molar-refractivity contribution in [1.29, 1.82) is 0 Å². The maximum absolute atomic E-state index is 11.3. The molecule has 0 aromatic carbocycles. The molecule has 1 saturated heterocycles. The molecule has 0 amide bonds. The molecule has 5 unspecified atom stereocenters. The molecule has 6 heteroatoms. The van der Waals surface area contributed by atoms with Crippen LogP contribution < -0.4 is 0 Å². The average Bonchev–Trinajstić information content (AvgIpc) is 2.44. The predicted molar refractivity (Wildman–Crippen MR) is 67.8 cm³/mol. The molecule has 0 aromatic rings. The van der Waals surface area contributed by atoms with Crippen molar-refractivity contribution in [2.75, 3.05) is 34.5 Å². The summed E-state index contributed by atoms with van der Waals surface area (Å²) in [4.78, 5) is 11.3. The van der Waals surface area contributed by atoms with Crippen LogP contribution >= 0.6 is 0 Å². The Morgan fingerprint density at radius 2 is 1.89 bits per heavy atom. The highest BCUT2D eigenvalue weighted by Crippen LogP contribution is 2.29. The van der Waals surface area contributed by atoms with Gasteiger partial charge in [0.2, 0.25) is 0 Å². The van der Waals surface area contributed by atoms with Crippen molar-refractivity contribution in [3.63, 3.8) is 0 Å². The third kappa shape index (κ3) is 3.84. The molecule has 1 aliphatic rings. The Morgan fingerprint density at radius 3 is 2.37 bits per heavy atom. The van der Waals surface area contributed by atoms with Gasteiger partial charge in [0.15, 0.2) is 6.29 Å². The van der Waals surface area contributed by atoms with Crippen molar-refractivity contribution < 1.29 is 28.5 Å². The van der Waals surface area contributed by atoms with Crippen molar-refractivity contribution in [3.05, 3.63) is 12.7 Å². The highest BCUT2D eigenvalue weighted by molar-refractivity contribution is 5.56. The second kappa shape index (κ2) is 8.39. The zero-order chi connectivity index (χ0) is 14.3. The summed E-state index contributed by atoms with van der Waals surface area (Å²) in [7, 11) is 4.62. The first kappa shape index (κ1) is 16.3. The Hall–Kier alpha value is -0.790. The minimum absolute atomic E-state index is 0.285. The Kier molecular flexibility index (Phi) is 7.19. The lowest BCUT2D eigenvalue weighted by Gasteiger charge is -2.43. The predicted octanol–water partition coefficient (Wildman–Crippen LogP) is 0.405. The third-order valence-electron chi connectivity index (χ3n) is 3.12.